The Labute approximate surface area is 131 Å². The first-order chi connectivity index (χ1) is 10.5. The number of hydrogen-bond donors (Lipinski definition) is 1. The highest BCUT2D eigenvalue weighted by Gasteiger charge is 2.18. The van der Waals surface area contributed by atoms with Gasteiger partial charge in [0.15, 0.2) is 5.75 Å². The summed E-state index contributed by atoms with van der Waals surface area (Å²) in [5.41, 5.74) is 1.35. The summed E-state index contributed by atoms with van der Waals surface area (Å²) in [4.78, 5) is 16.3. The zero-order valence-electron chi connectivity index (χ0n) is 13.8. The fourth-order valence-electron chi connectivity index (χ4n) is 2.81. The number of hydrogen-bond acceptors (Lipinski definition) is 5. The van der Waals surface area contributed by atoms with Gasteiger partial charge in [-0.25, -0.2) is 0 Å². The minimum absolute atomic E-state index is 0.109. The van der Waals surface area contributed by atoms with Crippen molar-refractivity contribution < 1.29 is 9.84 Å². The third-order valence-corrected chi connectivity index (χ3v) is 4.06. The molecule has 1 aliphatic heterocycles. The van der Waals surface area contributed by atoms with E-state index in [-0.39, 0.29) is 11.2 Å². The van der Waals surface area contributed by atoms with Crippen molar-refractivity contribution in [3.05, 3.63) is 27.7 Å². The Hall–Kier alpha value is -1.37. The normalized spacial score (nSPS) is 16.4. The van der Waals surface area contributed by atoms with E-state index in [1.807, 2.05) is 21.0 Å². The molecule has 0 radical (unpaired) electrons. The van der Waals surface area contributed by atoms with Gasteiger partial charge in [0.25, 0.3) is 0 Å². The quantitative estimate of drug-likeness (QED) is 0.836. The standard InChI is InChI=1S/C16H27N3O3/c1-13-11-15(20)16(21)14(12-18-7-9-22-10-8-18)19(13)6-4-5-17(2)3/h11,21H,4-10,12H2,1-3H3. The van der Waals surface area contributed by atoms with E-state index >= 15 is 0 Å². The second-order valence-corrected chi connectivity index (χ2v) is 6.14. The van der Waals surface area contributed by atoms with Crippen molar-refractivity contribution in [2.24, 2.45) is 0 Å². The first-order valence-corrected chi connectivity index (χ1v) is 7.86. The number of rotatable bonds is 6. The highest BCUT2D eigenvalue weighted by atomic mass is 16.5. The fraction of sp³-hybridized carbons (Fsp3) is 0.688. The Bertz CT molecular complexity index is 548. The van der Waals surface area contributed by atoms with Crippen LogP contribution in [0.25, 0.3) is 0 Å². The van der Waals surface area contributed by atoms with Crippen LogP contribution in [0.1, 0.15) is 17.8 Å². The summed E-state index contributed by atoms with van der Waals surface area (Å²) in [6.45, 7) is 7.38. The second kappa shape index (κ2) is 7.76. The number of pyridine rings is 1. The second-order valence-electron chi connectivity index (χ2n) is 6.14. The van der Waals surface area contributed by atoms with Gasteiger partial charge in [0.1, 0.15) is 0 Å². The zero-order chi connectivity index (χ0) is 16.1. The molecule has 1 saturated heterocycles. The van der Waals surface area contributed by atoms with Crippen LogP contribution in [0, 0.1) is 6.92 Å². The molecule has 1 aromatic heterocycles. The van der Waals surface area contributed by atoms with Crippen LogP contribution in [0.3, 0.4) is 0 Å². The first kappa shape index (κ1) is 17.0. The molecule has 1 fully saturated rings. The number of morpholine rings is 1. The van der Waals surface area contributed by atoms with Crippen molar-refractivity contribution in [1.29, 1.82) is 0 Å². The minimum Gasteiger partial charge on any atom is -0.503 e. The Morgan fingerprint density at radius 1 is 1.32 bits per heavy atom. The summed E-state index contributed by atoms with van der Waals surface area (Å²) in [6, 6.07) is 1.52. The fourth-order valence-corrected chi connectivity index (χ4v) is 2.81. The van der Waals surface area contributed by atoms with Crippen molar-refractivity contribution in [3.8, 4) is 5.75 Å². The van der Waals surface area contributed by atoms with E-state index in [0.29, 0.717) is 19.8 Å². The van der Waals surface area contributed by atoms with Crippen molar-refractivity contribution in [2.75, 3.05) is 46.9 Å². The molecule has 2 rings (SSSR count). The number of aryl methyl sites for hydroxylation is 1. The van der Waals surface area contributed by atoms with E-state index in [9.17, 15) is 9.90 Å². The molecule has 0 spiro atoms. The molecular weight excluding hydrogens is 282 g/mol. The van der Waals surface area contributed by atoms with Crippen LogP contribution in [0.5, 0.6) is 5.75 Å². The van der Waals surface area contributed by atoms with E-state index in [1.54, 1.807) is 0 Å². The van der Waals surface area contributed by atoms with Gasteiger partial charge in [0.2, 0.25) is 5.43 Å². The predicted molar refractivity (Wildman–Crippen MR) is 86.4 cm³/mol. The van der Waals surface area contributed by atoms with Crippen LogP contribution < -0.4 is 5.43 Å². The minimum atomic E-state index is -0.287. The largest absolute Gasteiger partial charge is 0.503 e. The van der Waals surface area contributed by atoms with Gasteiger partial charge in [-0.3, -0.25) is 9.69 Å². The van der Waals surface area contributed by atoms with E-state index in [2.05, 4.69) is 14.4 Å². The topological polar surface area (TPSA) is 57.9 Å². The molecule has 0 aromatic carbocycles. The molecule has 0 atom stereocenters. The monoisotopic (exact) mass is 309 g/mol. The van der Waals surface area contributed by atoms with Crippen LogP contribution in [-0.4, -0.2) is 66.4 Å². The van der Waals surface area contributed by atoms with Crippen LogP contribution >= 0.6 is 0 Å². The Balaban J connectivity index is 2.21. The molecular formula is C16H27N3O3. The lowest BCUT2D eigenvalue weighted by Gasteiger charge is -2.28. The van der Waals surface area contributed by atoms with Crippen molar-refractivity contribution in [3.63, 3.8) is 0 Å². The van der Waals surface area contributed by atoms with Gasteiger partial charge in [0, 0.05) is 37.9 Å². The lowest BCUT2D eigenvalue weighted by Crippen LogP contribution is -2.37. The van der Waals surface area contributed by atoms with Crippen LogP contribution in [0.4, 0.5) is 0 Å². The van der Waals surface area contributed by atoms with Crippen LogP contribution in [0.15, 0.2) is 10.9 Å². The van der Waals surface area contributed by atoms with Gasteiger partial charge in [0.05, 0.1) is 18.9 Å². The third kappa shape index (κ3) is 4.32. The molecule has 0 amide bonds. The average Bonchev–Trinajstić information content (AvgIpc) is 2.48. The molecule has 22 heavy (non-hydrogen) atoms. The van der Waals surface area contributed by atoms with Gasteiger partial charge in [-0.2, -0.15) is 0 Å². The molecule has 2 heterocycles. The molecule has 0 unspecified atom stereocenters. The molecule has 124 valence electrons. The van der Waals surface area contributed by atoms with Gasteiger partial charge in [-0.05, 0) is 34.0 Å². The van der Waals surface area contributed by atoms with Crippen LogP contribution in [0.2, 0.25) is 0 Å². The summed E-state index contributed by atoms with van der Waals surface area (Å²) in [6.07, 6.45) is 0.978. The Morgan fingerprint density at radius 3 is 2.64 bits per heavy atom. The predicted octanol–water partition coefficient (Wildman–Crippen LogP) is 0.646. The molecule has 6 heteroatoms. The molecule has 0 aliphatic carbocycles. The summed E-state index contributed by atoms with van der Waals surface area (Å²) in [7, 11) is 4.09. The maximum Gasteiger partial charge on any atom is 0.223 e. The van der Waals surface area contributed by atoms with Crippen molar-refractivity contribution >= 4 is 0 Å². The molecule has 6 nitrogen and oxygen atoms in total. The Morgan fingerprint density at radius 2 is 2.00 bits per heavy atom. The smallest absolute Gasteiger partial charge is 0.223 e. The Kier molecular flexibility index (Phi) is 5.99. The molecule has 0 saturated carbocycles. The third-order valence-electron chi connectivity index (χ3n) is 4.06. The maximum atomic E-state index is 11.9. The summed E-state index contributed by atoms with van der Waals surface area (Å²) in [5.74, 6) is -0.109. The molecule has 1 aliphatic rings. The van der Waals surface area contributed by atoms with Gasteiger partial charge in [-0.15, -0.1) is 0 Å². The summed E-state index contributed by atoms with van der Waals surface area (Å²) in [5, 5.41) is 10.2. The lowest BCUT2D eigenvalue weighted by molar-refractivity contribution is 0.0326. The first-order valence-electron chi connectivity index (χ1n) is 7.86. The highest BCUT2D eigenvalue weighted by Crippen LogP contribution is 2.18. The maximum absolute atomic E-state index is 11.9. The van der Waals surface area contributed by atoms with E-state index in [1.165, 1.54) is 6.07 Å². The molecule has 1 N–H and O–H groups in total. The summed E-state index contributed by atoms with van der Waals surface area (Å²) >= 11 is 0. The molecule has 1 aromatic rings. The van der Waals surface area contributed by atoms with Crippen molar-refractivity contribution in [2.45, 2.75) is 26.4 Å². The SMILES string of the molecule is Cc1cc(=O)c(O)c(CN2CCOCC2)n1CCCN(C)C. The molecule has 0 bridgehead atoms. The van der Waals surface area contributed by atoms with Gasteiger partial charge in [-0.1, -0.05) is 0 Å². The average molecular weight is 309 g/mol. The van der Waals surface area contributed by atoms with E-state index in [4.69, 9.17) is 4.74 Å². The van der Waals surface area contributed by atoms with Gasteiger partial charge >= 0.3 is 0 Å². The zero-order valence-corrected chi connectivity index (χ0v) is 13.8. The number of ether oxygens (including phenoxy) is 1. The van der Waals surface area contributed by atoms with E-state index in [0.717, 1.165) is 44.0 Å². The van der Waals surface area contributed by atoms with Gasteiger partial charge < -0.3 is 19.3 Å². The highest BCUT2D eigenvalue weighted by molar-refractivity contribution is 5.29. The van der Waals surface area contributed by atoms with E-state index < -0.39 is 0 Å². The van der Waals surface area contributed by atoms with Crippen LogP contribution in [-0.2, 0) is 17.8 Å². The number of aromatic nitrogens is 1. The number of aromatic hydroxyl groups is 1. The summed E-state index contributed by atoms with van der Waals surface area (Å²) < 4.78 is 7.44. The lowest BCUT2D eigenvalue weighted by atomic mass is 10.2. The number of nitrogens with zero attached hydrogens (tertiary/aromatic N) is 3. The van der Waals surface area contributed by atoms with Crippen molar-refractivity contribution in [1.82, 2.24) is 14.4 Å².